The summed E-state index contributed by atoms with van der Waals surface area (Å²) in [5.41, 5.74) is 2.30. The van der Waals surface area contributed by atoms with Crippen molar-refractivity contribution in [2.75, 3.05) is 26.2 Å². The Morgan fingerprint density at radius 1 is 1.13 bits per heavy atom. The normalized spacial score (nSPS) is 18.6. The molecule has 1 atom stereocenters. The molecule has 1 fully saturated rings. The second-order valence-corrected chi connectivity index (χ2v) is 8.91. The molecule has 6 heteroatoms. The van der Waals surface area contributed by atoms with E-state index in [2.05, 4.69) is 58.5 Å². The van der Waals surface area contributed by atoms with Crippen molar-refractivity contribution in [1.82, 2.24) is 19.4 Å². The summed E-state index contributed by atoms with van der Waals surface area (Å²) in [5.74, 6) is 3.66. The quantitative estimate of drug-likeness (QED) is 0.614. The number of furan rings is 1. The van der Waals surface area contributed by atoms with Crippen LogP contribution in [0.4, 0.5) is 0 Å². The van der Waals surface area contributed by atoms with Crippen molar-refractivity contribution in [2.24, 2.45) is 5.92 Å². The minimum absolute atomic E-state index is 0.206. The molecule has 1 saturated heterocycles. The summed E-state index contributed by atoms with van der Waals surface area (Å²) < 4.78 is 8.18. The van der Waals surface area contributed by atoms with Crippen LogP contribution in [0.1, 0.15) is 37.6 Å². The van der Waals surface area contributed by atoms with E-state index in [1.807, 2.05) is 13.0 Å². The standard InChI is InChI=1S/C24H34N4O2/c1-18(2)14-28-23-7-5-4-6-22(23)25-24(28)17-26-11-12-27(20(15-26)10-13-29)16-21-9-8-19(3)30-21/h4-9,18,20,29H,10-17H2,1-3H3. The van der Waals surface area contributed by atoms with Gasteiger partial charge in [-0.25, -0.2) is 4.98 Å². The molecular formula is C24H34N4O2. The number of benzene rings is 1. The number of aromatic nitrogens is 2. The second-order valence-electron chi connectivity index (χ2n) is 8.91. The molecule has 1 aromatic carbocycles. The maximum absolute atomic E-state index is 9.64. The SMILES string of the molecule is Cc1ccc(CN2CCN(Cc3nc4ccccc4n3CC(C)C)CC2CCO)o1. The average Bonchev–Trinajstić information content (AvgIpc) is 3.27. The molecule has 2 aromatic heterocycles. The van der Waals surface area contributed by atoms with Gasteiger partial charge < -0.3 is 14.1 Å². The van der Waals surface area contributed by atoms with Gasteiger partial charge in [0.25, 0.3) is 0 Å². The Morgan fingerprint density at radius 3 is 2.70 bits per heavy atom. The van der Waals surface area contributed by atoms with Gasteiger partial charge in [0.05, 0.1) is 24.1 Å². The molecule has 30 heavy (non-hydrogen) atoms. The van der Waals surface area contributed by atoms with E-state index in [1.165, 1.54) is 5.52 Å². The number of aliphatic hydroxyl groups is 1. The highest BCUT2D eigenvalue weighted by Gasteiger charge is 2.28. The van der Waals surface area contributed by atoms with Crippen molar-refractivity contribution in [2.45, 2.75) is 52.9 Å². The Kier molecular flexibility index (Phi) is 6.56. The van der Waals surface area contributed by atoms with E-state index >= 15 is 0 Å². The van der Waals surface area contributed by atoms with E-state index in [9.17, 15) is 5.11 Å². The predicted octanol–water partition coefficient (Wildman–Crippen LogP) is 3.66. The summed E-state index contributed by atoms with van der Waals surface area (Å²) in [6.45, 7) is 12.2. The Hall–Kier alpha value is -2.15. The van der Waals surface area contributed by atoms with Gasteiger partial charge in [-0.1, -0.05) is 26.0 Å². The maximum Gasteiger partial charge on any atom is 0.124 e. The topological polar surface area (TPSA) is 57.7 Å². The lowest BCUT2D eigenvalue weighted by atomic mass is 10.1. The van der Waals surface area contributed by atoms with Crippen LogP contribution in [0.2, 0.25) is 0 Å². The third-order valence-corrected chi connectivity index (χ3v) is 5.95. The fraction of sp³-hybridized carbons (Fsp3) is 0.542. The van der Waals surface area contributed by atoms with Crippen LogP contribution in [0.25, 0.3) is 11.0 Å². The summed E-state index contributed by atoms with van der Waals surface area (Å²) in [7, 11) is 0. The Balaban J connectivity index is 1.49. The number of imidazole rings is 1. The van der Waals surface area contributed by atoms with Gasteiger partial charge in [-0.15, -0.1) is 0 Å². The number of piperazine rings is 1. The highest BCUT2D eigenvalue weighted by Crippen LogP contribution is 2.22. The molecule has 0 aliphatic carbocycles. The summed E-state index contributed by atoms with van der Waals surface area (Å²) in [6.07, 6.45) is 0.776. The van der Waals surface area contributed by atoms with Gasteiger partial charge in [0.1, 0.15) is 17.3 Å². The number of aliphatic hydroxyl groups excluding tert-OH is 1. The third kappa shape index (κ3) is 4.77. The number of rotatable bonds is 8. The first-order valence-corrected chi connectivity index (χ1v) is 11.1. The predicted molar refractivity (Wildman–Crippen MR) is 119 cm³/mol. The van der Waals surface area contributed by atoms with Gasteiger partial charge in [-0.2, -0.15) is 0 Å². The molecule has 3 aromatic rings. The molecule has 1 N–H and O–H groups in total. The lowest BCUT2D eigenvalue weighted by Gasteiger charge is -2.41. The molecule has 0 saturated carbocycles. The molecule has 6 nitrogen and oxygen atoms in total. The monoisotopic (exact) mass is 410 g/mol. The van der Waals surface area contributed by atoms with Crippen LogP contribution >= 0.6 is 0 Å². The molecule has 0 spiro atoms. The number of nitrogens with zero attached hydrogens (tertiary/aromatic N) is 4. The largest absolute Gasteiger partial charge is 0.465 e. The van der Waals surface area contributed by atoms with Crippen molar-refractivity contribution in [3.63, 3.8) is 0 Å². The number of hydrogen-bond donors (Lipinski definition) is 1. The van der Waals surface area contributed by atoms with Crippen molar-refractivity contribution in [3.05, 3.63) is 53.7 Å². The van der Waals surface area contributed by atoms with Crippen LogP contribution < -0.4 is 0 Å². The summed E-state index contributed by atoms with van der Waals surface area (Å²) in [4.78, 5) is 9.90. The molecular weight excluding hydrogens is 376 g/mol. The van der Waals surface area contributed by atoms with Crippen LogP contribution in [0.15, 0.2) is 40.8 Å². The number of fused-ring (bicyclic) bond motifs is 1. The first-order valence-electron chi connectivity index (χ1n) is 11.1. The summed E-state index contributed by atoms with van der Waals surface area (Å²) >= 11 is 0. The van der Waals surface area contributed by atoms with Crippen LogP contribution in [-0.2, 0) is 19.6 Å². The summed E-state index contributed by atoms with van der Waals surface area (Å²) in [6, 6.07) is 12.8. The average molecular weight is 411 g/mol. The Labute approximate surface area is 179 Å². The van der Waals surface area contributed by atoms with Crippen LogP contribution in [-0.4, -0.2) is 56.7 Å². The van der Waals surface area contributed by atoms with Gasteiger partial charge in [0, 0.05) is 38.8 Å². The van der Waals surface area contributed by atoms with E-state index in [0.29, 0.717) is 12.0 Å². The number of hydrogen-bond acceptors (Lipinski definition) is 5. The van der Waals surface area contributed by atoms with Gasteiger partial charge >= 0.3 is 0 Å². The van der Waals surface area contributed by atoms with E-state index in [4.69, 9.17) is 9.40 Å². The minimum atomic E-state index is 0.206. The minimum Gasteiger partial charge on any atom is -0.465 e. The zero-order valence-electron chi connectivity index (χ0n) is 18.4. The lowest BCUT2D eigenvalue weighted by Crippen LogP contribution is -2.52. The third-order valence-electron chi connectivity index (χ3n) is 5.95. The van der Waals surface area contributed by atoms with E-state index < -0.39 is 0 Å². The van der Waals surface area contributed by atoms with Crippen molar-refractivity contribution < 1.29 is 9.52 Å². The van der Waals surface area contributed by atoms with Crippen LogP contribution in [0.5, 0.6) is 0 Å². The van der Waals surface area contributed by atoms with Gasteiger partial charge in [0.15, 0.2) is 0 Å². The molecule has 1 aliphatic rings. The highest BCUT2D eigenvalue weighted by atomic mass is 16.3. The maximum atomic E-state index is 9.64. The molecule has 0 radical (unpaired) electrons. The first kappa shape index (κ1) is 21.1. The Morgan fingerprint density at radius 2 is 1.97 bits per heavy atom. The highest BCUT2D eigenvalue weighted by molar-refractivity contribution is 5.75. The van der Waals surface area contributed by atoms with E-state index in [1.54, 1.807) is 0 Å². The van der Waals surface area contributed by atoms with E-state index in [0.717, 1.165) is 68.6 Å². The van der Waals surface area contributed by atoms with Crippen molar-refractivity contribution >= 4 is 11.0 Å². The smallest absolute Gasteiger partial charge is 0.124 e. The van der Waals surface area contributed by atoms with Crippen molar-refractivity contribution in [3.8, 4) is 0 Å². The molecule has 1 unspecified atom stereocenters. The van der Waals surface area contributed by atoms with Crippen LogP contribution in [0, 0.1) is 12.8 Å². The molecule has 3 heterocycles. The molecule has 162 valence electrons. The van der Waals surface area contributed by atoms with Gasteiger partial charge in [-0.05, 0) is 43.5 Å². The van der Waals surface area contributed by atoms with E-state index in [-0.39, 0.29) is 6.61 Å². The Bertz CT molecular complexity index is 961. The fourth-order valence-corrected chi connectivity index (χ4v) is 4.52. The van der Waals surface area contributed by atoms with Crippen molar-refractivity contribution in [1.29, 1.82) is 0 Å². The van der Waals surface area contributed by atoms with Gasteiger partial charge in [0.2, 0.25) is 0 Å². The molecule has 4 rings (SSSR count). The zero-order valence-corrected chi connectivity index (χ0v) is 18.4. The molecule has 0 amide bonds. The zero-order chi connectivity index (χ0) is 21.1. The number of para-hydroxylation sites is 2. The van der Waals surface area contributed by atoms with Gasteiger partial charge in [-0.3, -0.25) is 9.80 Å². The molecule has 1 aliphatic heterocycles. The first-order chi connectivity index (χ1) is 14.5. The fourth-order valence-electron chi connectivity index (χ4n) is 4.52. The van der Waals surface area contributed by atoms with Crippen LogP contribution in [0.3, 0.4) is 0 Å². The molecule has 0 bridgehead atoms. The number of aryl methyl sites for hydroxylation is 1. The second kappa shape index (κ2) is 9.33. The lowest BCUT2D eigenvalue weighted by molar-refractivity contribution is 0.0438. The summed E-state index contributed by atoms with van der Waals surface area (Å²) in [5, 5.41) is 9.64.